The van der Waals surface area contributed by atoms with E-state index in [2.05, 4.69) is 5.32 Å². The fraction of sp³-hybridized carbons (Fsp3) is 0.615. The first-order valence-electron chi connectivity index (χ1n) is 5.96. The molecule has 0 aromatic carbocycles. The average Bonchev–Trinajstić information content (AvgIpc) is 2.28. The van der Waals surface area contributed by atoms with E-state index in [0.717, 1.165) is 25.7 Å². The number of carbonyl (C=O) groups is 1. The minimum Gasteiger partial charge on any atom is -0.388 e. The Morgan fingerprint density at radius 2 is 2.00 bits per heavy atom. The van der Waals surface area contributed by atoms with E-state index in [1.807, 2.05) is 13.0 Å². The van der Waals surface area contributed by atoms with E-state index in [0.29, 0.717) is 6.54 Å². The summed E-state index contributed by atoms with van der Waals surface area (Å²) in [7, 11) is 0. The van der Waals surface area contributed by atoms with Crippen molar-refractivity contribution in [1.82, 2.24) is 5.32 Å². The van der Waals surface area contributed by atoms with Crippen LogP contribution in [-0.2, 0) is 4.79 Å². The lowest BCUT2D eigenvalue weighted by atomic mass is 9.85. The zero-order valence-electron chi connectivity index (χ0n) is 9.91. The van der Waals surface area contributed by atoms with Crippen LogP contribution in [0.1, 0.15) is 39.0 Å². The molecule has 0 radical (unpaired) electrons. The van der Waals surface area contributed by atoms with Gasteiger partial charge < -0.3 is 10.4 Å². The lowest BCUT2D eigenvalue weighted by molar-refractivity contribution is -0.118. The van der Waals surface area contributed by atoms with E-state index in [9.17, 15) is 9.90 Å². The van der Waals surface area contributed by atoms with Crippen molar-refractivity contribution in [2.45, 2.75) is 44.6 Å². The summed E-state index contributed by atoms with van der Waals surface area (Å²) in [5.74, 6) is -0.142. The van der Waals surface area contributed by atoms with Crippen LogP contribution in [0, 0.1) is 0 Å². The SMILES string of the molecule is CC=CC=CC(=O)NCC1(O)CCCCC1. The maximum atomic E-state index is 11.4. The van der Waals surface area contributed by atoms with Crippen molar-refractivity contribution in [3.05, 3.63) is 24.3 Å². The summed E-state index contributed by atoms with van der Waals surface area (Å²) >= 11 is 0. The van der Waals surface area contributed by atoms with E-state index in [-0.39, 0.29) is 5.91 Å². The lowest BCUT2D eigenvalue weighted by Gasteiger charge is -2.31. The Labute approximate surface area is 97.2 Å². The molecule has 0 bridgehead atoms. The van der Waals surface area contributed by atoms with Crippen molar-refractivity contribution in [2.24, 2.45) is 0 Å². The number of amides is 1. The second-order valence-electron chi connectivity index (χ2n) is 4.39. The topological polar surface area (TPSA) is 49.3 Å². The zero-order valence-corrected chi connectivity index (χ0v) is 9.91. The maximum absolute atomic E-state index is 11.4. The van der Waals surface area contributed by atoms with Crippen LogP contribution in [0.2, 0.25) is 0 Å². The van der Waals surface area contributed by atoms with Crippen molar-refractivity contribution < 1.29 is 9.90 Å². The summed E-state index contributed by atoms with van der Waals surface area (Å²) in [6, 6.07) is 0. The number of allylic oxidation sites excluding steroid dienone is 3. The lowest BCUT2D eigenvalue weighted by Crippen LogP contribution is -2.43. The van der Waals surface area contributed by atoms with Crippen LogP contribution in [0.3, 0.4) is 0 Å². The number of hydrogen-bond acceptors (Lipinski definition) is 2. The van der Waals surface area contributed by atoms with Crippen LogP contribution in [0.5, 0.6) is 0 Å². The molecular weight excluding hydrogens is 202 g/mol. The molecule has 3 heteroatoms. The molecule has 1 rings (SSSR count). The third kappa shape index (κ3) is 4.62. The standard InChI is InChI=1S/C13H21NO2/c1-2-3-5-8-12(15)14-11-13(16)9-6-4-7-10-13/h2-3,5,8,16H,4,6-7,9-11H2,1H3,(H,14,15). The van der Waals surface area contributed by atoms with Crippen molar-refractivity contribution >= 4 is 5.91 Å². The van der Waals surface area contributed by atoms with Gasteiger partial charge in [-0.3, -0.25) is 4.79 Å². The van der Waals surface area contributed by atoms with Gasteiger partial charge in [-0.25, -0.2) is 0 Å². The number of nitrogens with one attached hydrogen (secondary N) is 1. The highest BCUT2D eigenvalue weighted by Crippen LogP contribution is 2.27. The zero-order chi connectivity index (χ0) is 11.9. The first-order chi connectivity index (χ1) is 7.66. The predicted molar refractivity (Wildman–Crippen MR) is 65.0 cm³/mol. The molecule has 16 heavy (non-hydrogen) atoms. The Balaban J connectivity index is 2.30. The van der Waals surface area contributed by atoms with Gasteiger partial charge in [0.05, 0.1) is 5.60 Å². The highest BCUT2D eigenvalue weighted by Gasteiger charge is 2.28. The van der Waals surface area contributed by atoms with Gasteiger partial charge in [-0.15, -0.1) is 0 Å². The maximum Gasteiger partial charge on any atom is 0.244 e. The van der Waals surface area contributed by atoms with E-state index in [1.54, 1.807) is 12.2 Å². The predicted octanol–water partition coefficient (Wildman–Crippen LogP) is 1.93. The number of hydrogen-bond donors (Lipinski definition) is 2. The van der Waals surface area contributed by atoms with Crippen LogP contribution in [-0.4, -0.2) is 23.2 Å². The molecule has 0 aromatic rings. The van der Waals surface area contributed by atoms with E-state index < -0.39 is 5.60 Å². The molecule has 3 nitrogen and oxygen atoms in total. The fourth-order valence-corrected chi connectivity index (χ4v) is 1.95. The summed E-state index contributed by atoms with van der Waals surface area (Å²) in [6.07, 6.45) is 11.7. The van der Waals surface area contributed by atoms with Crippen LogP contribution in [0.15, 0.2) is 24.3 Å². The third-order valence-corrected chi connectivity index (χ3v) is 2.93. The molecule has 1 aliphatic carbocycles. The molecule has 1 saturated carbocycles. The molecule has 2 N–H and O–H groups in total. The Morgan fingerprint density at radius 3 is 2.62 bits per heavy atom. The molecule has 0 spiro atoms. The average molecular weight is 223 g/mol. The molecule has 0 unspecified atom stereocenters. The number of carbonyl (C=O) groups excluding carboxylic acids is 1. The van der Waals surface area contributed by atoms with Gasteiger partial charge >= 0.3 is 0 Å². The molecule has 1 fully saturated rings. The van der Waals surface area contributed by atoms with Crippen LogP contribution < -0.4 is 5.32 Å². The summed E-state index contributed by atoms with van der Waals surface area (Å²) < 4.78 is 0. The largest absolute Gasteiger partial charge is 0.388 e. The monoisotopic (exact) mass is 223 g/mol. The van der Waals surface area contributed by atoms with E-state index in [1.165, 1.54) is 12.5 Å². The Hall–Kier alpha value is -1.09. The van der Waals surface area contributed by atoms with Gasteiger partial charge in [0.1, 0.15) is 0 Å². The normalized spacial score (nSPS) is 20.4. The molecule has 1 amide bonds. The Bertz CT molecular complexity index is 276. The van der Waals surface area contributed by atoms with Gasteiger partial charge in [-0.2, -0.15) is 0 Å². The minimum atomic E-state index is -0.678. The summed E-state index contributed by atoms with van der Waals surface area (Å²) in [5, 5.41) is 12.9. The highest BCUT2D eigenvalue weighted by molar-refractivity contribution is 5.87. The second kappa shape index (κ2) is 6.48. The fourth-order valence-electron chi connectivity index (χ4n) is 1.95. The molecule has 0 aliphatic heterocycles. The molecule has 0 aromatic heterocycles. The molecule has 1 aliphatic rings. The minimum absolute atomic E-state index is 0.142. The van der Waals surface area contributed by atoms with Crippen LogP contribution in [0.25, 0.3) is 0 Å². The van der Waals surface area contributed by atoms with E-state index >= 15 is 0 Å². The summed E-state index contributed by atoms with van der Waals surface area (Å²) in [4.78, 5) is 11.4. The van der Waals surface area contributed by atoms with Gasteiger partial charge in [0.15, 0.2) is 0 Å². The number of aliphatic hydroxyl groups is 1. The van der Waals surface area contributed by atoms with Gasteiger partial charge in [-0.05, 0) is 19.8 Å². The first-order valence-corrected chi connectivity index (χ1v) is 5.96. The van der Waals surface area contributed by atoms with Gasteiger partial charge in [-0.1, -0.05) is 37.5 Å². The van der Waals surface area contributed by atoms with Gasteiger partial charge in [0.25, 0.3) is 0 Å². The highest BCUT2D eigenvalue weighted by atomic mass is 16.3. The van der Waals surface area contributed by atoms with Crippen LogP contribution in [0.4, 0.5) is 0 Å². The van der Waals surface area contributed by atoms with Crippen molar-refractivity contribution in [3.8, 4) is 0 Å². The van der Waals surface area contributed by atoms with Crippen molar-refractivity contribution in [1.29, 1.82) is 0 Å². The summed E-state index contributed by atoms with van der Waals surface area (Å²) in [5.41, 5.74) is -0.678. The Kier molecular flexibility index (Phi) is 5.26. The molecule has 90 valence electrons. The smallest absolute Gasteiger partial charge is 0.244 e. The molecule has 0 saturated heterocycles. The Morgan fingerprint density at radius 1 is 1.31 bits per heavy atom. The van der Waals surface area contributed by atoms with Crippen LogP contribution >= 0.6 is 0 Å². The molecule has 0 heterocycles. The van der Waals surface area contributed by atoms with E-state index in [4.69, 9.17) is 0 Å². The molecular formula is C13H21NO2. The number of rotatable bonds is 4. The van der Waals surface area contributed by atoms with Gasteiger partial charge in [0.2, 0.25) is 5.91 Å². The van der Waals surface area contributed by atoms with Gasteiger partial charge in [0, 0.05) is 12.6 Å². The summed E-state index contributed by atoms with van der Waals surface area (Å²) in [6.45, 7) is 2.26. The van der Waals surface area contributed by atoms with Crippen molar-refractivity contribution in [3.63, 3.8) is 0 Å². The quantitative estimate of drug-likeness (QED) is 0.565. The van der Waals surface area contributed by atoms with Crippen molar-refractivity contribution in [2.75, 3.05) is 6.54 Å². The first kappa shape index (κ1) is 13.0. The molecule has 0 atom stereocenters. The third-order valence-electron chi connectivity index (χ3n) is 2.93. The second-order valence-corrected chi connectivity index (χ2v) is 4.39.